The van der Waals surface area contributed by atoms with Crippen molar-refractivity contribution < 1.29 is 4.79 Å². The SMILES string of the molecule is CC(C)NC1NC=C2C(CN(C(=O)NCc3ccccc3)C2(C)C)N1. The second-order valence-corrected chi connectivity index (χ2v) is 7.55. The number of hydrogen-bond donors (Lipinski definition) is 4. The predicted octanol–water partition coefficient (Wildman–Crippen LogP) is 1.72. The second kappa shape index (κ2) is 7.06. The van der Waals surface area contributed by atoms with E-state index in [4.69, 9.17) is 0 Å². The van der Waals surface area contributed by atoms with Crippen molar-refractivity contribution in [3.8, 4) is 0 Å². The van der Waals surface area contributed by atoms with Crippen LogP contribution in [0.25, 0.3) is 0 Å². The smallest absolute Gasteiger partial charge is 0.318 e. The Morgan fingerprint density at radius 3 is 2.72 bits per heavy atom. The lowest BCUT2D eigenvalue weighted by molar-refractivity contribution is 0.173. The van der Waals surface area contributed by atoms with Crippen LogP contribution in [0.3, 0.4) is 0 Å². The minimum absolute atomic E-state index is 0.0249. The molecule has 1 saturated heterocycles. The maximum Gasteiger partial charge on any atom is 0.318 e. The Bertz CT molecular complexity index is 640. The topological polar surface area (TPSA) is 68.4 Å². The van der Waals surface area contributed by atoms with Crippen molar-refractivity contribution in [2.45, 2.75) is 58.2 Å². The molecule has 0 radical (unpaired) electrons. The number of nitrogens with zero attached hydrogens (tertiary/aromatic N) is 1. The molecular weight excluding hydrogens is 314 g/mol. The van der Waals surface area contributed by atoms with Gasteiger partial charge in [-0.2, -0.15) is 0 Å². The van der Waals surface area contributed by atoms with E-state index in [1.165, 1.54) is 5.57 Å². The van der Waals surface area contributed by atoms with E-state index >= 15 is 0 Å². The number of fused-ring (bicyclic) bond motifs is 1. The van der Waals surface area contributed by atoms with Crippen molar-refractivity contribution >= 4 is 6.03 Å². The van der Waals surface area contributed by atoms with Crippen LogP contribution in [-0.2, 0) is 6.54 Å². The molecule has 136 valence electrons. The van der Waals surface area contributed by atoms with Crippen molar-refractivity contribution in [1.82, 2.24) is 26.2 Å². The van der Waals surface area contributed by atoms with Gasteiger partial charge in [0.1, 0.15) is 6.29 Å². The van der Waals surface area contributed by atoms with E-state index in [0.29, 0.717) is 19.1 Å². The van der Waals surface area contributed by atoms with Crippen LogP contribution < -0.4 is 21.3 Å². The van der Waals surface area contributed by atoms with Crippen molar-refractivity contribution in [3.05, 3.63) is 47.7 Å². The van der Waals surface area contributed by atoms with Gasteiger partial charge in [0.2, 0.25) is 0 Å². The molecule has 2 aliphatic rings. The fourth-order valence-electron chi connectivity index (χ4n) is 3.57. The third-order valence-electron chi connectivity index (χ3n) is 4.93. The van der Waals surface area contributed by atoms with E-state index in [1.54, 1.807) is 0 Å². The second-order valence-electron chi connectivity index (χ2n) is 7.55. The third-order valence-corrected chi connectivity index (χ3v) is 4.93. The maximum absolute atomic E-state index is 12.8. The summed E-state index contributed by atoms with van der Waals surface area (Å²) in [5.74, 6) is 0. The average Bonchev–Trinajstić information content (AvgIpc) is 2.84. The number of nitrogens with one attached hydrogen (secondary N) is 4. The lowest BCUT2D eigenvalue weighted by Crippen LogP contribution is -2.60. The summed E-state index contributed by atoms with van der Waals surface area (Å²) in [4.78, 5) is 14.7. The first-order valence-electron chi connectivity index (χ1n) is 8.96. The summed E-state index contributed by atoms with van der Waals surface area (Å²) in [6.45, 7) is 9.63. The molecule has 2 heterocycles. The summed E-state index contributed by atoms with van der Waals surface area (Å²) in [6.07, 6.45) is 2.09. The molecule has 25 heavy (non-hydrogen) atoms. The molecular formula is C19H29N5O. The summed E-state index contributed by atoms with van der Waals surface area (Å²) in [6, 6.07) is 10.5. The van der Waals surface area contributed by atoms with Gasteiger partial charge < -0.3 is 15.5 Å². The van der Waals surface area contributed by atoms with Crippen LogP contribution in [0, 0.1) is 0 Å². The zero-order chi connectivity index (χ0) is 18.0. The zero-order valence-corrected chi connectivity index (χ0v) is 15.5. The lowest BCUT2D eigenvalue weighted by Gasteiger charge is -2.35. The predicted molar refractivity (Wildman–Crippen MR) is 99.7 cm³/mol. The molecule has 4 N–H and O–H groups in total. The summed E-state index contributed by atoms with van der Waals surface area (Å²) in [5.41, 5.74) is 1.99. The number of likely N-dealkylation sites (tertiary alicyclic amines) is 1. The number of carbonyl (C=O) groups is 1. The molecule has 6 heteroatoms. The van der Waals surface area contributed by atoms with Gasteiger partial charge in [0.15, 0.2) is 0 Å². The van der Waals surface area contributed by atoms with Crippen molar-refractivity contribution in [3.63, 3.8) is 0 Å². The molecule has 0 saturated carbocycles. The van der Waals surface area contributed by atoms with E-state index in [1.807, 2.05) is 35.2 Å². The van der Waals surface area contributed by atoms with Crippen LogP contribution in [0.15, 0.2) is 42.1 Å². The molecule has 6 nitrogen and oxygen atoms in total. The number of carbonyl (C=O) groups excluding carboxylic acids is 1. The van der Waals surface area contributed by atoms with Gasteiger partial charge in [-0.05, 0) is 38.8 Å². The number of urea groups is 1. The van der Waals surface area contributed by atoms with Crippen LogP contribution in [0.4, 0.5) is 4.79 Å². The molecule has 3 rings (SSSR count). The molecule has 0 aliphatic carbocycles. The first kappa shape index (κ1) is 17.8. The molecule has 2 atom stereocenters. The summed E-state index contributed by atoms with van der Waals surface area (Å²) in [5, 5.41) is 13.4. The Morgan fingerprint density at radius 2 is 2.04 bits per heavy atom. The Labute approximate surface area is 150 Å². The third kappa shape index (κ3) is 3.80. The van der Waals surface area contributed by atoms with Crippen molar-refractivity contribution in [1.29, 1.82) is 0 Å². The number of hydrogen-bond acceptors (Lipinski definition) is 4. The average molecular weight is 343 g/mol. The minimum Gasteiger partial charge on any atom is -0.364 e. The Morgan fingerprint density at radius 1 is 1.32 bits per heavy atom. The summed E-state index contributed by atoms with van der Waals surface area (Å²) < 4.78 is 0. The van der Waals surface area contributed by atoms with Crippen LogP contribution in [0.5, 0.6) is 0 Å². The lowest BCUT2D eigenvalue weighted by atomic mass is 9.92. The van der Waals surface area contributed by atoms with Crippen LogP contribution >= 0.6 is 0 Å². The standard InChI is InChI=1S/C19H29N5O/c1-13(2)22-17-20-11-15-16(23-17)12-24(19(15,3)4)18(25)21-10-14-8-6-5-7-9-14/h5-9,11,13,16-17,20,22-23H,10,12H2,1-4H3,(H,21,25). The molecule has 1 aromatic rings. The maximum atomic E-state index is 12.8. The van der Waals surface area contributed by atoms with Crippen LogP contribution in [0.2, 0.25) is 0 Å². The number of rotatable bonds is 4. The highest BCUT2D eigenvalue weighted by Gasteiger charge is 2.47. The molecule has 2 unspecified atom stereocenters. The van der Waals surface area contributed by atoms with E-state index in [9.17, 15) is 4.79 Å². The Balaban J connectivity index is 1.65. The van der Waals surface area contributed by atoms with E-state index in [2.05, 4.69) is 55.2 Å². The normalized spacial score (nSPS) is 24.5. The monoisotopic (exact) mass is 343 g/mol. The molecule has 1 fully saturated rings. The van der Waals surface area contributed by atoms with Gasteiger partial charge >= 0.3 is 6.03 Å². The first-order chi connectivity index (χ1) is 11.9. The minimum atomic E-state index is -0.325. The van der Waals surface area contributed by atoms with E-state index in [0.717, 1.165) is 5.56 Å². The highest BCUT2D eigenvalue weighted by Crippen LogP contribution is 2.35. The molecule has 0 spiro atoms. The van der Waals surface area contributed by atoms with Gasteiger partial charge in [-0.3, -0.25) is 10.6 Å². The van der Waals surface area contributed by atoms with Crippen molar-refractivity contribution in [2.75, 3.05) is 6.54 Å². The van der Waals surface area contributed by atoms with Gasteiger partial charge in [-0.25, -0.2) is 4.79 Å². The fourth-order valence-corrected chi connectivity index (χ4v) is 3.57. The fraction of sp³-hybridized carbons (Fsp3) is 0.526. The number of benzene rings is 1. The Kier molecular flexibility index (Phi) is 5.01. The highest BCUT2D eigenvalue weighted by molar-refractivity contribution is 5.77. The van der Waals surface area contributed by atoms with Gasteiger partial charge in [0.25, 0.3) is 0 Å². The quantitative estimate of drug-likeness (QED) is 0.672. The summed E-state index contributed by atoms with van der Waals surface area (Å²) in [7, 11) is 0. The highest BCUT2D eigenvalue weighted by atomic mass is 16.2. The number of amides is 2. The van der Waals surface area contributed by atoms with E-state index in [-0.39, 0.29) is 23.9 Å². The Hall–Kier alpha value is -2.05. The molecule has 2 aliphatic heterocycles. The van der Waals surface area contributed by atoms with Gasteiger partial charge in [0.05, 0.1) is 11.6 Å². The largest absolute Gasteiger partial charge is 0.364 e. The molecule has 1 aromatic carbocycles. The van der Waals surface area contributed by atoms with Crippen molar-refractivity contribution in [2.24, 2.45) is 0 Å². The van der Waals surface area contributed by atoms with Gasteiger partial charge in [0, 0.05) is 25.3 Å². The van der Waals surface area contributed by atoms with Gasteiger partial charge in [-0.15, -0.1) is 0 Å². The van der Waals surface area contributed by atoms with Crippen LogP contribution in [0.1, 0.15) is 33.3 Å². The molecule has 2 amide bonds. The molecule has 0 bridgehead atoms. The van der Waals surface area contributed by atoms with E-state index < -0.39 is 0 Å². The zero-order valence-electron chi connectivity index (χ0n) is 15.5. The van der Waals surface area contributed by atoms with Gasteiger partial charge in [-0.1, -0.05) is 30.3 Å². The first-order valence-corrected chi connectivity index (χ1v) is 8.96. The van der Waals surface area contributed by atoms with Crippen LogP contribution in [-0.4, -0.2) is 41.4 Å². The summed E-state index contributed by atoms with van der Waals surface area (Å²) >= 11 is 0. The molecule has 0 aromatic heterocycles.